The smallest absolute Gasteiger partial charge is 0.0701 e. The highest BCUT2D eigenvalue weighted by molar-refractivity contribution is 4.53. The molecular formula is C9H19NO3. The third-order valence-electron chi connectivity index (χ3n) is 1.98. The van der Waals surface area contributed by atoms with E-state index in [9.17, 15) is 0 Å². The van der Waals surface area contributed by atoms with Gasteiger partial charge in [-0.3, -0.25) is 0 Å². The Labute approximate surface area is 79.8 Å². The first kappa shape index (κ1) is 10.9. The third-order valence-corrected chi connectivity index (χ3v) is 1.98. The Kier molecular flexibility index (Phi) is 6.10. The zero-order valence-corrected chi connectivity index (χ0v) is 8.33. The van der Waals surface area contributed by atoms with E-state index < -0.39 is 0 Å². The SMILES string of the molecule is C1COCCO1.CN1CCOCC1. The van der Waals surface area contributed by atoms with Crippen molar-refractivity contribution in [3.8, 4) is 0 Å². The van der Waals surface area contributed by atoms with Crippen molar-refractivity contribution in [2.75, 3.05) is 59.8 Å². The molecule has 0 N–H and O–H groups in total. The maximum Gasteiger partial charge on any atom is 0.0701 e. The summed E-state index contributed by atoms with van der Waals surface area (Å²) in [6, 6.07) is 0. The van der Waals surface area contributed by atoms with Crippen LogP contribution in [0.1, 0.15) is 0 Å². The topological polar surface area (TPSA) is 30.9 Å². The standard InChI is InChI=1S/C5H11NO.C4H8O2/c1-6-2-4-7-5-3-6;1-2-6-4-3-5-1/h2-5H2,1H3;1-4H2. The van der Waals surface area contributed by atoms with Gasteiger partial charge in [0, 0.05) is 13.1 Å². The highest BCUT2D eigenvalue weighted by Gasteiger charge is 2.02. The van der Waals surface area contributed by atoms with Gasteiger partial charge in [-0.2, -0.15) is 0 Å². The van der Waals surface area contributed by atoms with Crippen LogP contribution in [0.25, 0.3) is 0 Å². The third kappa shape index (κ3) is 5.99. The van der Waals surface area contributed by atoms with E-state index in [4.69, 9.17) is 14.2 Å². The largest absolute Gasteiger partial charge is 0.379 e. The number of hydrogen-bond donors (Lipinski definition) is 0. The molecule has 0 atom stereocenters. The highest BCUT2D eigenvalue weighted by Crippen LogP contribution is 1.89. The zero-order valence-electron chi connectivity index (χ0n) is 8.33. The van der Waals surface area contributed by atoms with E-state index in [1.54, 1.807) is 0 Å². The molecule has 0 amide bonds. The molecular weight excluding hydrogens is 170 g/mol. The van der Waals surface area contributed by atoms with Crippen LogP contribution < -0.4 is 0 Å². The van der Waals surface area contributed by atoms with Crippen molar-refractivity contribution >= 4 is 0 Å². The van der Waals surface area contributed by atoms with E-state index in [0.717, 1.165) is 52.7 Å². The molecule has 0 spiro atoms. The Morgan fingerprint density at radius 3 is 1.31 bits per heavy atom. The van der Waals surface area contributed by atoms with E-state index in [-0.39, 0.29) is 0 Å². The Balaban J connectivity index is 0.000000132. The lowest BCUT2D eigenvalue weighted by Crippen LogP contribution is -2.32. The van der Waals surface area contributed by atoms with Gasteiger partial charge in [-0.05, 0) is 7.05 Å². The molecule has 2 aliphatic rings. The first-order valence-electron chi connectivity index (χ1n) is 4.81. The Bertz CT molecular complexity index is 99.9. The van der Waals surface area contributed by atoms with Crippen molar-refractivity contribution < 1.29 is 14.2 Å². The quantitative estimate of drug-likeness (QED) is 0.536. The van der Waals surface area contributed by atoms with Crippen LogP contribution in [0.15, 0.2) is 0 Å². The van der Waals surface area contributed by atoms with E-state index in [1.165, 1.54) is 0 Å². The minimum atomic E-state index is 0.778. The molecule has 13 heavy (non-hydrogen) atoms. The fraction of sp³-hybridized carbons (Fsp3) is 1.00. The minimum Gasteiger partial charge on any atom is -0.379 e. The lowest BCUT2D eigenvalue weighted by Gasteiger charge is -2.21. The van der Waals surface area contributed by atoms with Gasteiger partial charge in [0.15, 0.2) is 0 Å². The molecule has 0 aromatic carbocycles. The normalized spacial score (nSPS) is 24.7. The summed E-state index contributed by atoms with van der Waals surface area (Å²) >= 11 is 0. The number of rotatable bonds is 0. The molecule has 0 aromatic heterocycles. The van der Waals surface area contributed by atoms with Crippen molar-refractivity contribution in [1.82, 2.24) is 4.90 Å². The molecule has 2 aliphatic heterocycles. The van der Waals surface area contributed by atoms with Crippen molar-refractivity contribution in [1.29, 1.82) is 0 Å². The molecule has 2 fully saturated rings. The summed E-state index contributed by atoms with van der Waals surface area (Å²) in [5.41, 5.74) is 0. The molecule has 2 rings (SSSR count). The molecule has 2 saturated heterocycles. The van der Waals surface area contributed by atoms with Gasteiger partial charge in [0.05, 0.1) is 39.6 Å². The first-order chi connectivity index (χ1) is 6.39. The van der Waals surface area contributed by atoms with Gasteiger partial charge in [0.2, 0.25) is 0 Å². The molecule has 0 bridgehead atoms. The van der Waals surface area contributed by atoms with E-state index >= 15 is 0 Å². The molecule has 0 radical (unpaired) electrons. The Hall–Kier alpha value is -0.160. The number of ether oxygens (including phenoxy) is 3. The summed E-state index contributed by atoms with van der Waals surface area (Å²) < 4.78 is 15.0. The number of likely N-dealkylation sites (N-methyl/N-ethyl adjacent to an activating group) is 1. The molecule has 78 valence electrons. The number of nitrogens with zero attached hydrogens (tertiary/aromatic N) is 1. The average molecular weight is 189 g/mol. The lowest BCUT2D eigenvalue weighted by atomic mass is 10.5. The molecule has 0 saturated carbocycles. The molecule has 0 aromatic rings. The number of hydrogen-bond acceptors (Lipinski definition) is 4. The second-order valence-electron chi connectivity index (χ2n) is 3.14. The van der Waals surface area contributed by atoms with Gasteiger partial charge in [0.1, 0.15) is 0 Å². The van der Waals surface area contributed by atoms with Crippen molar-refractivity contribution in [2.45, 2.75) is 0 Å². The van der Waals surface area contributed by atoms with Crippen LogP contribution in [0.5, 0.6) is 0 Å². The van der Waals surface area contributed by atoms with Crippen LogP contribution in [0.2, 0.25) is 0 Å². The van der Waals surface area contributed by atoms with Crippen LogP contribution in [0.4, 0.5) is 0 Å². The van der Waals surface area contributed by atoms with Crippen LogP contribution in [-0.2, 0) is 14.2 Å². The predicted octanol–water partition coefficient (Wildman–Crippen LogP) is -0.0184. The molecule has 0 aliphatic carbocycles. The molecule has 4 nitrogen and oxygen atoms in total. The van der Waals surface area contributed by atoms with E-state index in [1.807, 2.05) is 0 Å². The van der Waals surface area contributed by atoms with Gasteiger partial charge < -0.3 is 19.1 Å². The van der Waals surface area contributed by atoms with Gasteiger partial charge in [-0.15, -0.1) is 0 Å². The summed E-state index contributed by atoms with van der Waals surface area (Å²) in [4.78, 5) is 2.27. The van der Waals surface area contributed by atoms with Crippen LogP contribution in [0.3, 0.4) is 0 Å². The summed E-state index contributed by atoms with van der Waals surface area (Å²) in [6.45, 7) is 7.13. The molecule has 4 heteroatoms. The monoisotopic (exact) mass is 189 g/mol. The maximum absolute atomic E-state index is 5.10. The fourth-order valence-corrected chi connectivity index (χ4v) is 1.09. The Morgan fingerprint density at radius 2 is 1.08 bits per heavy atom. The summed E-state index contributed by atoms with van der Waals surface area (Å²) in [5, 5.41) is 0. The fourth-order valence-electron chi connectivity index (χ4n) is 1.09. The highest BCUT2D eigenvalue weighted by atomic mass is 16.6. The molecule has 2 heterocycles. The van der Waals surface area contributed by atoms with E-state index in [2.05, 4.69) is 11.9 Å². The number of morpholine rings is 1. The second kappa shape index (κ2) is 7.26. The van der Waals surface area contributed by atoms with Crippen LogP contribution in [-0.4, -0.2) is 64.7 Å². The first-order valence-corrected chi connectivity index (χ1v) is 4.81. The van der Waals surface area contributed by atoms with E-state index in [0.29, 0.717) is 0 Å². The zero-order chi connectivity index (χ0) is 9.36. The summed E-state index contributed by atoms with van der Waals surface area (Å²) in [7, 11) is 2.11. The lowest BCUT2D eigenvalue weighted by molar-refractivity contribution is -0.0334. The van der Waals surface area contributed by atoms with Crippen LogP contribution >= 0.6 is 0 Å². The van der Waals surface area contributed by atoms with Gasteiger partial charge in [-0.25, -0.2) is 0 Å². The van der Waals surface area contributed by atoms with Crippen molar-refractivity contribution in [2.24, 2.45) is 0 Å². The summed E-state index contributed by atoms with van der Waals surface area (Å²) in [6.07, 6.45) is 0. The van der Waals surface area contributed by atoms with Crippen LogP contribution in [0, 0.1) is 0 Å². The van der Waals surface area contributed by atoms with Gasteiger partial charge in [-0.1, -0.05) is 0 Å². The van der Waals surface area contributed by atoms with Gasteiger partial charge >= 0.3 is 0 Å². The van der Waals surface area contributed by atoms with Crippen molar-refractivity contribution in [3.05, 3.63) is 0 Å². The predicted molar refractivity (Wildman–Crippen MR) is 50.0 cm³/mol. The maximum atomic E-state index is 5.10. The Morgan fingerprint density at radius 1 is 0.692 bits per heavy atom. The summed E-state index contributed by atoms with van der Waals surface area (Å²) in [5.74, 6) is 0. The molecule has 0 unspecified atom stereocenters. The minimum absolute atomic E-state index is 0.778. The average Bonchev–Trinajstić information content (AvgIpc) is 2.22. The van der Waals surface area contributed by atoms with Gasteiger partial charge in [0.25, 0.3) is 0 Å². The second-order valence-corrected chi connectivity index (χ2v) is 3.14. The van der Waals surface area contributed by atoms with Crippen molar-refractivity contribution in [3.63, 3.8) is 0 Å².